The maximum Gasteiger partial charge on any atom is 0.490 e. The van der Waals surface area contributed by atoms with E-state index in [-0.39, 0.29) is 0 Å². The second-order valence-corrected chi connectivity index (χ2v) is 7.94. The summed E-state index contributed by atoms with van der Waals surface area (Å²) < 4.78 is 39.6. The molecule has 0 atom stereocenters. The van der Waals surface area contributed by atoms with E-state index >= 15 is 0 Å². The number of carboxylic acid groups (broad SMARTS) is 1. The number of thiazole rings is 1. The van der Waals surface area contributed by atoms with E-state index in [9.17, 15) is 13.2 Å². The van der Waals surface area contributed by atoms with Gasteiger partial charge in [-0.25, -0.2) is 14.5 Å². The molecule has 1 N–H and O–H groups in total. The smallest absolute Gasteiger partial charge is 0.475 e. The van der Waals surface area contributed by atoms with Crippen molar-refractivity contribution in [1.82, 2.24) is 24.9 Å². The molecule has 0 spiro atoms. The van der Waals surface area contributed by atoms with Crippen LogP contribution in [-0.2, 0) is 35.8 Å². The molecule has 0 unspecified atom stereocenters. The van der Waals surface area contributed by atoms with Crippen LogP contribution in [0.15, 0.2) is 11.6 Å². The molecule has 1 saturated carbocycles. The van der Waals surface area contributed by atoms with Crippen LogP contribution >= 0.6 is 11.3 Å². The zero-order valence-corrected chi connectivity index (χ0v) is 16.5. The summed E-state index contributed by atoms with van der Waals surface area (Å²) in [5.41, 5.74) is 2.22. The monoisotopic (exact) mass is 433 g/mol. The number of rotatable bonds is 6. The minimum absolute atomic E-state index is 0.594. The second kappa shape index (κ2) is 9.63. The van der Waals surface area contributed by atoms with Crippen molar-refractivity contribution >= 4 is 17.3 Å². The molecule has 0 radical (unpaired) electrons. The fourth-order valence-corrected chi connectivity index (χ4v) is 3.49. The van der Waals surface area contributed by atoms with Crippen LogP contribution < -0.4 is 0 Å². The van der Waals surface area contributed by atoms with Crippen LogP contribution in [0.25, 0.3) is 0 Å². The van der Waals surface area contributed by atoms with Gasteiger partial charge in [0.1, 0.15) is 10.7 Å². The van der Waals surface area contributed by atoms with E-state index in [1.165, 1.54) is 23.5 Å². The highest BCUT2D eigenvalue weighted by Crippen LogP contribution is 2.29. The van der Waals surface area contributed by atoms with Crippen LogP contribution in [-0.4, -0.2) is 55.3 Å². The lowest BCUT2D eigenvalue weighted by molar-refractivity contribution is -0.192. The number of aromatic nitrogens is 4. The van der Waals surface area contributed by atoms with Crippen molar-refractivity contribution in [1.29, 1.82) is 0 Å². The number of halogens is 3. The molecule has 0 amide bonds. The first-order chi connectivity index (χ1) is 13.8. The molecule has 1 aliphatic carbocycles. The number of aryl methyl sites for hydroxylation is 1. The zero-order chi connectivity index (χ0) is 20.9. The molecular weight excluding hydrogens is 411 g/mol. The Morgan fingerprint density at radius 1 is 1.34 bits per heavy atom. The predicted molar refractivity (Wildman–Crippen MR) is 96.9 cm³/mol. The van der Waals surface area contributed by atoms with Gasteiger partial charge < -0.3 is 9.84 Å². The second-order valence-electron chi connectivity index (χ2n) is 6.96. The van der Waals surface area contributed by atoms with Gasteiger partial charge >= 0.3 is 12.1 Å². The van der Waals surface area contributed by atoms with Crippen LogP contribution in [0, 0.1) is 5.92 Å². The van der Waals surface area contributed by atoms with E-state index in [2.05, 4.69) is 24.9 Å². The average molecular weight is 433 g/mol. The molecule has 4 rings (SSSR count). The maximum atomic E-state index is 10.6. The van der Waals surface area contributed by atoms with Crippen LogP contribution in [0.4, 0.5) is 13.2 Å². The summed E-state index contributed by atoms with van der Waals surface area (Å²) in [4.78, 5) is 15.7. The first-order valence-corrected chi connectivity index (χ1v) is 10.1. The first kappa shape index (κ1) is 21.7. The summed E-state index contributed by atoms with van der Waals surface area (Å²) in [6.45, 7) is 5.27. The first-order valence-electron chi connectivity index (χ1n) is 9.22. The van der Waals surface area contributed by atoms with E-state index in [1.54, 1.807) is 11.3 Å². The molecule has 1 fully saturated rings. The Kier molecular flexibility index (Phi) is 7.19. The normalized spacial score (nSPS) is 17.2. The summed E-state index contributed by atoms with van der Waals surface area (Å²) in [7, 11) is 0. The standard InChI is InChI=1S/C15H21N5OS.C2HF3O2/c1-5-19(9-15-16-4-7-22-15)8-14-13(17-18-20(14)6-1)11-21-10-12-2-3-12;3-2(4,5)1(6)7/h4,7,12H,1-3,5-6,8-11H2;(H,6,7). The average Bonchev–Trinajstić information content (AvgIpc) is 3.27. The van der Waals surface area contributed by atoms with E-state index in [0.717, 1.165) is 50.8 Å². The molecule has 1 aliphatic heterocycles. The zero-order valence-electron chi connectivity index (χ0n) is 15.6. The van der Waals surface area contributed by atoms with Crippen molar-refractivity contribution in [2.24, 2.45) is 5.92 Å². The highest BCUT2D eigenvalue weighted by Gasteiger charge is 2.38. The van der Waals surface area contributed by atoms with Gasteiger partial charge in [-0.05, 0) is 25.2 Å². The quantitative estimate of drug-likeness (QED) is 0.749. The summed E-state index contributed by atoms with van der Waals surface area (Å²) >= 11 is 1.72. The fourth-order valence-electron chi connectivity index (χ4n) is 2.83. The Hall–Kier alpha value is -2.05. The topological polar surface area (TPSA) is 93.4 Å². The number of ether oxygens (including phenoxy) is 1. The van der Waals surface area contributed by atoms with Gasteiger partial charge in [0.25, 0.3) is 0 Å². The van der Waals surface area contributed by atoms with Crippen LogP contribution in [0.2, 0.25) is 0 Å². The number of hydrogen-bond acceptors (Lipinski definition) is 7. The molecule has 8 nitrogen and oxygen atoms in total. The van der Waals surface area contributed by atoms with Gasteiger partial charge in [0.15, 0.2) is 0 Å². The minimum Gasteiger partial charge on any atom is -0.475 e. The molecule has 0 saturated heterocycles. The number of aliphatic carboxylic acids is 1. The lowest BCUT2D eigenvalue weighted by Gasteiger charge is -2.18. The highest BCUT2D eigenvalue weighted by atomic mass is 32.1. The molecule has 2 aromatic rings. The number of carboxylic acids is 1. The van der Waals surface area contributed by atoms with Gasteiger partial charge in [-0.3, -0.25) is 4.90 Å². The number of nitrogens with zero attached hydrogens (tertiary/aromatic N) is 5. The Morgan fingerprint density at radius 2 is 2.10 bits per heavy atom. The Morgan fingerprint density at radius 3 is 2.72 bits per heavy atom. The van der Waals surface area contributed by atoms with Crippen molar-refractivity contribution < 1.29 is 27.8 Å². The van der Waals surface area contributed by atoms with E-state index < -0.39 is 12.1 Å². The lowest BCUT2D eigenvalue weighted by Crippen LogP contribution is -2.23. The highest BCUT2D eigenvalue weighted by molar-refractivity contribution is 7.09. The van der Waals surface area contributed by atoms with Crippen LogP contribution in [0.1, 0.15) is 35.7 Å². The number of carbonyl (C=O) groups is 1. The summed E-state index contributed by atoms with van der Waals surface area (Å²) in [6.07, 6.45) is 0.535. The van der Waals surface area contributed by atoms with Gasteiger partial charge in [-0.1, -0.05) is 5.21 Å². The predicted octanol–water partition coefficient (Wildman–Crippen LogP) is 2.70. The van der Waals surface area contributed by atoms with Crippen LogP contribution in [0.3, 0.4) is 0 Å². The third-order valence-corrected chi connectivity index (χ3v) is 5.27. The Bertz CT molecular complexity index is 793. The molecule has 160 valence electrons. The van der Waals surface area contributed by atoms with Crippen LogP contribution in [0.5, 0.6) is 0 Å². The van der Waals surface area contributed by atoms with E-state index in [0.29, 0.717) is 6.61 Å². The van der Waals surface area contributed by atoms with Gasteiger partial charge in [-0.2, -0.15) is 13.2 Å². The maximum absolute atomic E-state index is 10.6. The summed E-state index contributed by atoms with van der Waals surface area (Å²) in [6, 6.07) is 0. The van der Waals surface area contributed by atoms with E-state index in [4.69, 9.17) is 14.6 Å². The lowest BCUT2D eigenvalue weighted by atomic mass is 10.3. The van der Waals surface area contributed by atoms with Gasteiger partial charge in [0.2, 0.25) is 0 Å². The molecule has 0 bridgehead atoms. The number of alkyl halides is 3. The summed E-state index contributed by atoms with van der Waals surface area (Å²) in [5, 5.41) is 19.0. The van der Waals surface area contributed by atoms with Crippen molar-refractivity contribution in [3.8, 4) is 0 Å². The van der Waals surface area contributed by atoms with Crippen molar-refractivity contribution in [3.05, 3.63) is 28.0 Å². The van der Waals surface area contributed by atoms with E-state index in [1.807, 2.05) is 11.6 Å². The molecule has 2 aliphatic rings. The molecule has 2 aromatic heterocycles. The van der Waals surface area contributed by atoms with Crippen molar-refractivity contribution in [2.45, 2.75) is 51.7 Å². The van der Waals surface area contributed by atoms with Gasteiger partial charge in [0, 0.05) is 37.8 Å². The third-order valence-electron chi connectivity index (χ3n) is 4.51. The Balaban J connectivity index is 0.000000298. The summed E-state index contributed by atoms with van der Waals surface area (Å²) in [5.74, 6) is -1.97. The van der Waals surface area contributed by atoms with Crippen molar-refractivity contribution in [2.75, 3.05) is 13.2 Å². The molecule has 0 aromatic carbocycles. The minimum atomic E-state index is -5.08. The number of hydrogen-bond donors (Lipinski definition) is 1. The Labute approximate surface area is 169 Å². The van der Waals surface area contributed by atoms with Gasteiger partial charge in [-0.15, -0.1) is 16.4 Å². The molecular formula is C17H22F3N5O3S. The molecule has 12 heteroatoms. The number of fused-ring (bicyclic) bond motifs is 1. The molecule has 29 heavy (non-hydrogen) atoms. The van der Waals surface area contributed by atoms with Crippen molar-refractivity contribution in [3.63, 3.8) is 0 Å². The molecule has 3 heterocycles. The fraction of sp³-hybridized carbons (Fsp3) is 0.647. The SMILES string of the molecule is O=C(O)C(F)(F)F.c1csc(CN2CCCn3nnc(COCC4CC4)c3C2)n1. The largest absolute Gasteiger partial charge is 0.490 e. The third kappa shape index (κ3) is 6.75. The van der Waals surface area contributed by atoms with Gasteiger partial charge in [0.05, 0.1) is 18.8 Å².